The lowest BCUT2D eigenvalue weighted by atomic mass is 10.1. The third-order valence-electron chi connectivity index (χ3n) is 3.21. The van der Waals surface area contributed by atoms with Gasteiger partial charge >= 0.3 is 6.18 Å². The van der Waals surface area contributed by atoms with Gasteiger partial charge in [0.25, 0.3) is 0 Å². The van der Waals surface area contributed by atoms with Gasteiger partial charge in [-0.15, -0.1) is 11.3 Å². The fourth-order valence-corrected chi connectivity index (χ4v) is 2.97. The molecule has 0 bridgehead atoms. The highest BCUT2D eigenvalue weighted by atomic mass is 32.1. The Balaban J connectivity index is 2.06. The monoisotopic (exact) mass is 307 g/mol. The second-order valence-corrected chi connectivity index (χ2v) is 5.77. The van der Waals surface area contributed by atoms with Crippen LogP contribution in [-0.4, -0.2) is 42.8 Å². The number of thiophene rings is 1. The van der Waals surface area contributed by atoms with Crippen molar-refractivity contribution in [3.05, 3.63) is 22.4 Å². The van der Waals surface area contributed by atoms with E-state index in [1.807, 2.05) is 5.38 Å². The van der Waals surface area contributed by atoms with Crippen molar-refractivity contribution in [3.63, 3.8) is 0 Å². The molecule has 0 aliphatic carbocycles. The first kappa shape index (κ1) is 15.3. The van der Waals surface area contributed by atoms with E-state index >= 15 is 0 Å². The smallest absolute Gasteiger partial charge is 0.381 e. The van der Waals surface area contributed by atoms with Crippen LogP contribution in [0.1, 0.15) is 17.7 Å². The molecule has 2 heterocycles. The van der Waals surface area contributed by atoms with E-state index in [1.165, 1.54) is 11.3 Å². The van der Waals surface area contributed by atoms with E-state index in [-0.39, 0.29) is 12.5 Å². The molecule has 0 spiro atoms. The standard InChI is InChI=1S/C13H16F3NO2S/c14-13(15,16)9-17(10-3-5-19-6-4-10)12(18)8-11-2-1-7-20-11/h1-2,7,10H,3-6,8-9H2. The van der Waals surface area contributed by atoms with Crippen molar-refractivity contribution in [2.45, 2.75) is 31.5 Å². The summed E-state index contributed by atoms with van der Waals surface area (Å²) in [5.41, 5.74) is 0. The maximum absolute atomic E-state index is 12.7. The second kappa shape index (κ2) is 6.58. The highest BCUT2D eigenvalue weighted by Gasteiger charge is 2.36. The number of carbonyl (C=O) groups is 1. The van der Waals surface area contributed by atoms with E-state index in [2.05, 4.69) is 0 Å². The van der Waals surface area contributed by atoms with Crippen molar-refractivity contribution < 1.29 is 22.7 Å². The number of carbonyl (C=O) groups excluding carboxylic acids is 1. The summed E-state index contributed by atoms with van der Waals surface area (Å²) in [4.78, 5) is 13.9. The fraction of sp³-hybridized carbons (Fsp3) is 0.615. The molecule has 0 unspecified atom stereocenters. The Morgan fingerprint density at radius 3 is 2.65 bits per heavy atom. The number of hydrogen-bond acceptors (Lipinski definition) is 3. The molecule has 1 aliphatic heterocycles. The van der Waals surface area contributed by atoms with Crippen LogP contribution in [0.2, 0.25) is 0 Å². The molecule has 0 radical (unpaired) electrons. The van der Waals surface area contributed by atoms with Crippen molar-refractivity contribution in [2.75, 3.05) is 19.8 Å². The molecule has 3 nitrogen and oxygen atoms in total. The first-order valence-electron chi connectivity index (χ1n) is 6.42. The first-order chi connectivity index (χ1) is 9.46. The first-order valence-corrected chi connectivity index (χ1v) is 7.30. The Hall–Kier alpha value is -1.08. The molecule has 2 rings (SSSR count). The molecular weight excluding hydrogens is 291 g/mol. The van der Waals surface area contributed by atoms with Crippen molar-refractivity contribution in [3.8, 4) is 0 Å². The van der Waals surface area contributed by atoms with E-state index in [0.29, 0.717) is 26.1 Å². The minimum atomic E-state index is -4.37. The van der Waals surface area contributed by atoms with Gasteiger partial charge in [-0.3, -0.25) is 4.79 Å². The number of ether oxygens (including phenoxy) is 1. The fourth-order valence-electron chi connectivity index (χ4n) is 2.27. The molecule has 20 heavy (non-hydrogen) atoms. The number of alkyl halides is 3. The Morgan fingerprint density at radius 2 is 2.10 bits per heavy atom. The predicted molar refractivity (Wildman–Crippen MR) is 69.6 cm³/mol. The van der Waals surface area contributed by atoms with Crippen LogP contribution in [0, 0.1) is 0 Å². The molecule has 1 aromatic rings. The minimum absolute atomic E-state index is 0.0328. The van der Waals surface area contributed by atoms with Crippen molar-refractivity contribution in [2.24, 2.45) is 0 Å². The van der Waals surface area contributed by atoms with Gasteiger partial charge in [0.05, 0.1) is 6.42 Å². The molecule has 1 saturated heterocycles. The van der Waals surface area contributed by atoms with Crippen LogP contribution in [0.15, 0.2) is 17.5 Å². The van der Waals surface area contributed by atoms with Crippen LogP contribution in [0.5, 0.6) is 0 Å². The molecule has 0 aromatic carbocycles. The maximum atomic E-state index is 12.7. The largest absolute Gasteiger partial charge is 0.406 e. The second-order valence-electron chi connectivity index (χ2n) is 4.74. The number of nitrogens with zero attached hydrogens (tertiary/aromatic N) is 1. The molecule has 1 aliphatic rings. The Bertz CT molecular complexity index is 427. The van der Waals surface area contributed by atoms with Gasteiger partial charge in [0, 0.05) is 24.1 Å². The zero-order chi connectivity index (χ0) is 14.6. The van der Waals surface area contributed by atoms with E-state index in [4.69, 9.17) is 4.74 Å². The van der Waals surface area contributed by atoms with Gasteiger partial charge < -0.3 is 9.64 Å². The SMILES string of the molecule is O=C(Cc1cccs1)N(CC(F)(F)F)C1CCOCC1. The van der Waals surface area contributed by atoms with E-state index in [0.717, 1.165) is 9.78 Å². The molecule has 1 amide bonds. The van der Waals surface area contributed by atoms with Crippen LogP contribution < -0.4 is 0 Å². The normalized spacial score (nSPS) is 17.1. The van der Waals surface area contributed by atoms with Gasteiger partial charge in [-0.1, -0.05) is 6.07 Å². The van der Waals surface area contributed by atoms with Crippen LogP contribution >= 0.6 is 11.3 Å². The average Bonchev–Trinajstić information content (AvgIpc) is 2.89. The third kappa shape index (κ3) is 4.49. The maximum Gasteiger partial charge on any atom is 0.406 e. The summed E-state index contributed by atoms with van der Waals surface area (Å²) in [6.45, 7) is -0.363. The summed E-state index contributed by atoms with van der Waals surface area (Å²) in [5, 5.41) is 1.81. The van der Waals surface area contributed by atoms with Crippen LogP contribution in [0.4, 0.5) is 13.2 Å². The highest BCUT2D eigenvalue weighted by Crippen LogP contribution is 2.23. The van der Waals surface area contributed by atoms with Crippen LogP contribution in [-0.2, 0) is 16.0 Å². The lowest BCUT2D eigenvalue weighted by Gasteiger charge is -2.34. The molecule has 0 N–H and O–H groups in total. The lowest BCUT2D eigenvalue weighted by Crippen LogP contribution is -2.48. The number of halogens is 3. The summed E-state index contributed by atoms with van der Waals surface area (Å²) in [7, 11) is 0. The summed E-state index contributed by atoms with van der Waals surface area (Å²) < 4.78 is 43.2. The lowest BCUT2D eigenvalue weighted by molar-refractivity contribution is -0.168. The molecule has 0 atom stereocenters. The van der Waals surface area contributed by atoms with Gasteiger partial charge in [-0.05, 0) is 24.3 Å². The molecule has 112 valence electrons. The van der Waals surface area contributed by atoms with E-state index in [1.54, 1.807) is 12.1 Å². The van der Waals surface area contributed by atoms with Gasteiger partial charge in [-0.2, -0.15) is 13.2 Å². The Morgan fingerprint density at radius 1 is 1.40 bits per heavy atom. The summed E-state index contributed by atoms with van der Waals surface area (Å²) in [6, 6.07) is 3.17. The number of rotatable bonds is 4. The number of hydrogen-bond donors (Lipinski definition) is 0. The van der Waals surface area contributed by atoms with Gasteiger partial charge in [0.2, 0.25) is 5.91 Å². The molecular formula is C13H16F3NO2S. The Kier molecular flexibility index (Phi) is 5.04. The van der Waals surface area contributed by atoms with Crippen molar-refractivity contribution >= 4 is 17.2 Å². The zero-order valence-electron chi connectivity index (χ0n) is 10.9. The van der Waals surface area contributed by atoms with Crippen LogP contribution in [0.3, 0.4) is 0 Å². The van der Waals surface area contributed by atoms with Crippen molar-refractivity contribution in [1.82, 2.24) is 4.90 Å². The van der Waals surface area contributed by atoms with Gasteiger partial charge in [-0.25, -0.2) is 0 Å². The molecule has 7 heteroatoms. The van der Waals surface area contributed by atoms with E-state index < -0.39 is 18.6 Å². The highest BCUT2D eigenvalue weighted by molar-refractivity contribution is 7.10. The molecule has 0 saturated carbocycles. The third-order valence-corrected chi connectivity index (χ3v) is 4.08. The van der Waals surface area contributed by atoms with E-state index in [9.17, 15) is 18.0 Å². The van der Waals surface area contributed by atoms with Gasteiger partial charge in [0.1, 0.15) is 6.54 Å². The summed E-state index contributed by atoms with van der Waals surface area (Å²) in [6.07, 6.45) is -3.41. The van der Waals surface area contributed by atoms with Gasteiger partial charge in [0.15, 0.2) is 0 Å². The van der Waals surface area contributed by atoms with Crippen LogP contribution in [0.25, 0.3) is 0 Å². The summed E-state index contributed by atoms with van der Waals surface area (Å²) in [5.74, 6) is -0.461. The molecule has 1 fully saturated rings. The predicted octanol–water partition coefficient (Wildman–Crippen LogP) is 2.86. The summed E-state index contributed by atoms with van der Waals surface area (Å²) >= 11 is 1.38. The quantitative estimate of drug-likeness (QED) is 0.856. The molecule has 1 aromatic heterocycles. The van der Waals surface area contributed by atoms with Crippen molar-refractivity contribution in [1.29, 1.82) is 0 Å². The average molecular weight is 307 g/mol. The number of amides is 1. The zero-order valence-corrected chi connectivity index (χ0v) is 11.7. The topological polar surface area (TPSA) is 29.5 Å². The Labute approximate surface area is 119 Å². The minimum Gasteiger partial charge on any atom is -0.381 e.